The molecule has 0 N–H and O–H groups in total. The van der Waals surface area contributed by atoms with Crippen molar-refractivity contribution < 1.29 is 19.2 Å². The zero-order valence-corrected chi connectivity index (χ0v) is 30.4. The Kier molecular flexibility index (Phi) is 7.93. The molecule has 212 valence electrons. The molecule has 0 spiro atoms. The topological polar surface area (TPSA) is 84.4 Å². The highest BCUT2D eigenvalue weighted by atomic mass is 79.9. The van der Waals surface area contributed by atoms with E-state index < -0.39 is 29.3 Å². The minimum Gasteiger partial charge on any atom is -0.293 e. The third-order valence-corrected chi connectivity index (χ3v) is 13.9. The van der Waals surface area contributed by atoms with Crippen LogP contribution in [0, 0.1) is 6.92 Å². The largest absolute Gasteiger partial charge is 0.293 e. The van der Waals surface area contributed by atoms with Crippen LogP contribution in [-0.2, 0) is 0 Å². The first-order chi connectivity index (χ1) is 19.7. The Hall–Kier alpha value is -1.08. The van der Waals surface area contributed by atoms with Crippen LogP contribution in [-0.4, -0.2) is 28.4 Å². The summed E-state index contributed by atoms with van der Waals surface area (Å²) in [6, 6.07) is 4.56. The lowest BCUT2D eigenvalue weighted by Gasteiger charge is -2.19. The fraction of sp³-hybridized carbons (Fsp3) is 0.0741. The van der Waals surface area contributed by atoms with E-state index in [1.165, 1.54) is 12.1 Å². The van der Waals surface area contributed by atoms with E-state index in [1.54, 1.807) is 13.0 Å². The number of rotatable bonds is 2. The van der Waals surface area contributed by atoms with Gasteiger partial charge in [-0.1, -0.05) is 58.0 Å². The third kappa shape index (κ3) is 4.16. The number of benzene rings is 3. The fourth-order valence-corrected chi connectivity index (χ4v) is 8.96. The van der Waals surface area contributed by atoms with Crippen molar-refractivity contribution in [3.63, 3.8) is 0 Å². The van der Waals surface area contributed by atoms with Crippen LogP contribution in [0.1, 0.15) is 58.6 Å². The van der Waals surface area contributed by atoms with Crippen LogP contribution in [0.15, 0.2) is 36.1 Å². The van der Waals surface area contributed by atoms with Gasteiger partial charge in [0.15, 0.2) is 11.6 Å². The molecule has 6 nitrogen and oxygen atoms in total. The molecule has 0 saturated heterocycles. The molecule has 0 saturated carbocycles. The molecule has 0 fully saturated rings. The van der Waals surface area contributed by atoms with Crippen LogP contribution in [0.25, 0.3) is 10.9 Å². The number of aryl methyl sites for hydroxylation is 1. The molecule has 2 amide bonds. The van der Waals surface area contributed by atoms with Crippen LogP contribution >= 0.6 is 122 Å². The van der Waals surface area contributed by atoms with E-state index in [-0.39, 0.29) is 64.3 Å². The smallest absolute Gasteiger partial charge is 0.267 e. The summed E-state index contributed by atoms with van der Waals surface area (Å²) in [7, 11) is 0. The summed E-state index contributed by atoms with van der Waals surface area (Å²) < 4.78 is 1.82. The van der Waals surface area contributed by atoms with Gasteiger partial charge in [0.05, 0.1) is 64.3 Å². The molecular formula is C27H7Br4Cl5N2O4. The van der Waals surface area contributed by atoms with Gasteiger partial charge in [0.25, 0.3) is 11.8 Å². The molecule has 4 aromatic rings. The number of Topliss-reactive ketones (excluding diaryl/α,β-unsaturated/α-hetero) is 2. The van der Waals surface area contributed by atoms with Gasteiger partial charge < -0.3 is 0 Å². The molecule has 0 bridgehead atoms. The molecule has 2 aliphatic rings. The molecule has 0 unspecified atom stereocenters. The quantitative estimate of drug-likeness (QED) is 0.0866. The highest BCUT2D eigenvalue weighted by Crippen LogP contribution is 2.50. The maximum Gasteiger partial charge on any atom is 0.267 e. The summed E-state index contributed by atoms with van der Waals surface area (Å²) in [6.45, 7) is 1.71. The van der Waals surface area contributed by atoms with Gasteiger partial charge in [0.1, 0.15) is 5.92 Å². The highest BCUT2D eigenvalue weighted by Gasteiger charge is 2.46. The maximum absolute atomic E-state index is 13.8. The van der Waals surface area contributed by atoms with E-state index in [4.69, 9.17) is 58.0 Å². The zero-order valence-electron chi connectivity index (χ0n) is 20.2. The number of carbonyl (C=O) groups is 4. The summed E-state index contributed by atoms with van der Waals surface area (Å²) in [5, 5.41) is 0.0215. The van der Waals surface area contributed by atoms with Crippen molar-refractivity contribution in [2.75, 3.05) is 4.90 Å². The average molecular weight is 920 g/mol. The van der Waals surface area contributed by atoms with Crippen LogP contribution in [0.3, 0.4) is 0 Å². The summed E-state index contributed by atoms with van der Waals surface area (Å²) in [6.07, 6.45) is 0. The second kappa shape index (κ2) is 10.8. The van der Waals surface area contributed by atoms with Crippen molar-refractivity contribution in [3.8, 4) is 0 Å². The van der Waals surface area contributed by atoms with Crippen molar-refractivity contribution in [3.05, 3.63) is 94.7 Å². The molecule has 6 rings (SSSR count). The summed E-state index contributed by atoms with van der Waals surface area (Å²) in [5.41, 5.74) is 0.775. The van der Waals surface area contributed by atoms with Crippen LogP contribution in [0.5, 0.6) is 0 Å². The molecular weight excluding hydrogens is 913 g/mol. The van der Waals surface area contributed by atoms with Gasteiger partial charge in [-0.3, -0.25) is 19.2 Å². The Morgan fingerprint density at radius 1 is 0.690 bits per heavy atom. The Bertz CT molecular complexity index is 1960. The molecule has 0 atom stereocenters. The molecule has 2 heterocycles. The summed E-state index contributed by atoms with van der Waals surface area (Å²) in [4.78, 5) is 60.5. The van der Waals surface area contributed by atoms with Crippen molar-refractivity contribution in [2.24, 2.45) is 0 Å². The van der Waals surface area contributed by atoms with Gasteiger partial charge in [-0.25, -0.2) is 9.88 Å². The van der Waals surface area contributed by atoms with Crippen molar-refractivity contribution in [1.29, 1.82) is 0 Å². The van der Waals surface area contributed by atoms with Gasteiger partial charge in [-0.05, 0) is 94.4 Å². The lowest BCUT2D eigenvalue weighted by atomic mass is 9.96. The monoisotopic (exact) mass is 914 g/mol. The van der Waals surface area contributed by atoms with E-state index in [0.29, 0.717) is 28.8 Å². The van der Waals surface area contributed by atoms with E-state index in [1.807, 2.05) is 0 Å². The van der Waals surface area contributed by atoms with Crippen molar-refractivity contribution in [2.45, 2.75) is 12.8 Å². The molecule has 0 radical (unpaired) electrons. The van der Waals surface area contributed by atoms with Crippen LogP contribution in [0.2, 0.25) is 25.1 Å². The fourth-order valence-electron chi connectivity index (χ4n) is 5.17. The normalized spacial score (nSPS) is 15.0. The van der Waals surface area contributed by atoms with Gasteiger partial charge in [-0.2, -0.15) is 0 Å². The molecule has 42 heavy (non-hydrogen) atoms. The minimum atomic E-state index is -1.43. The summed E-state index contributed by atoms with van der Waals surface area (Å²) >= 11 is 45.2. The van der Waals surface area contributed by atoms with Crippen molar-refractivity contribution >= 4 is 162 Å². The number of hydrogen-bond donors (Lipinski definition) is 0. The number of carbonyl (C=O) groups excluding carboxylic acids is 4. The Morgan fingerprint density at radius 3 is 1.64 bits per heavy atom. The van der Waals surface area contributed by atoms with Gasteiger partial charge in [0, 0.05) is 23.3 Å². The Morgan fingerprint density at radius 2 is 1.17 bits per heavy atom. The highest BCUT2D eigenvalue weighted by molar-refractivity contribution is 9.15. The first-order valence-corrected chi connectivity index (χ1v) is 16.6. The van der Waals surface area contributed by atoms with Crippen LogP contribution < -0.4 is 4.90 Å². The number of hydrogen-bond acceptors (Lipinski definition) is 5. The average Bonchev–Trinajstić information content (AvgIpc) is 3.36. The number of fused-ring (bicyclic) bond motifs is 3. The standard InChI is InChI=1S/C27H7Br4Cl5N2O4/c1-5-4-7(10-24(39)13-14(25(10)40)20(34)22(36)21(35)19(13)33)37-23-8(3-2-6(32)9(5)23)38-26(41)11-12(27(38)42)16(29)18(31)17(30)15(11)28/h2-4,10H,1H3. The van der Waals surface area contributed by atoms with E-state index in [2.05, 4.69) is 68.7 Å². The number of anilines is 1. The first-order valence-electron chi connectivity index (χ1n) is 11.5. The molecule has 1 aliphatic carbocycles. The predicted molar refractivity (Wildman–Crippen MR) is 178 cm³/mol. The Labute approximate surface area is 295 Å². The second-order valence-electron chi connectivity index (χ2n) is 9.27. The van der Waals surface area contributed by atoms with Gasteiger partial charge >= 0.3 is 0 Å². The number of amides is 2. The number of ketones is 2. The van der Waals surface area contributed by atoms with E-state index in [0.717, 1.165) is 4.90 Å². The van der Waals surface area contributed by atoms with E-state index >= 15 is 0 Å². The molecule has 3 aromatic carbocycles. The molecule has 1 aliphatic heterocycles. The lowest BCUT2D eigenvalue weighted by Crippen LogP contribution is -2.30. The van der Waals surface area contributed by atoms with Crippen molar-refractivity contribution in [1.82, 2.24) is 4.98 Å². The van der Waals surface area contributed by atoms with E-state index in [9.17, 15) is 19.2 Å². The number of aromatic nitrogens is 1. The molecule has 15 heteroatoms. The van der Waals surface area contributed by atoms with Gasteiger partial charge in [0.2, 0.25) is 0 Å². The predicted octanol–water partition coefficient (Wildman–Crippen LogP) is 10.8. The Balaban J connectivity index is 1.58. The number of halogens is 9. The zero-order chi connectivity index (χ0) is 30.7. The first kappa shape index (κ1) is 30.9. The third-order valence-electron chi connectivity index (χ3n) is 7.03. The number of imide groups is 1. The second-order valence-corrected chi connectivity index (χ2v) is 14.4. The number of nitrogens with zero attached hydrogens (tertiary/aromatic N) is 2. The van der Waals surface area contributed by atoms with Gasteiger partial charge in [-0.15, -0.1) is 0 Å². The lowest BCUT2D eigenvalue weighted by molar-refractivity contribution is 0.0882. The molecule has 1 aromatic heterocycles. The SMILES string of the molecule is Cc1cc(C2C(=O)c3c(Cl)c(Cl)c(Cl)c(Cl)c3C2=O)nc2c(N3C(=O)c4c(Br)c(Br)c(Br)c(Br)c4C3=O)ccc(Cl)c12. The summed E-state index contributed by atoms with van der Waals surface area (Å²) in [5.74, 6) is -4.01. The maximum atomic E-state index is 13.8. The minimum absolute atomic E-state index is 0.0403. The number of pyridine rings is 1. The van der Waals surface area contributed by atoms with Crippen LogP contribution in [0.4, 0.5) is 5.69 Å².